The van der Waals surface area contributed by atoms with Crippen molar-refractivity contribution >= 4 is 17.6 Å². The lowest BCUT2D eigenvalue weighted by molar-refractivity contribution is 0.355. The summed E-state index contributed by atoms with van der Waals surface area (Å²) in [6.07, 6.45) is 2.03. The summed E-state index contributed by atoms with van der Waals surface area (Å²) in [6.45, 7) is 5.43. The molecule has 0 amide bonds. The Balaban J connectivity index is 2.42. The summed E-state index contributed by atoms with van der Waals surface area (Å²) in [6, 6.07) is 0.572. The van der Waals surface area contributed by atoms with Crippen molar-refractivity contribution in [2.45, 2.75) is 32.7 Å². The van der Waals surface area contributed by atoms with Crippen LogP contribution in [0, 0.1) is 5.41 Å². The summed E-state index contributed by atoms with van der Waals surface area (Å²) in [5.74, 6) is 3.22. The Labute approximate surface area is 79.2 Å². The Hall–Kier alpha value is -0.180. The van der Waals surface area contributed by atoms with Gasteiger partial charge in [-0.25, -0.2) is 0 Å². The Morgan fingerprint density at radius 3 is 3.00 bits per heavy atom. The van der Waals surface area contributed by atoms with E-state index in [1.165, 1.54) is 11.5 Å². The van der Waals surface area contributed by atoms with E-state index in [9.17, 15) is 0 Å². The van der Waals surface area contributed by atoms with E-state index in [0.29, 0.717) is 6.04 Å². The maximum Gasteiger partial charge on any atom is 0.0960 e. The van der Waals surface area contributed by atoms with Gasteiger partial charge in [0.25, 0.3) is 0 Å². The smallest absolute Gasteiger partial charge is 0.0960 e. The highest BCUT2D eigenvalue weighted by atomic mass is 32.2. The van der Waals surface area contributed by atoms with Gasteiger partial charge in [-0.05, 0) is 13.3 Å². The molecule has 1 saturated heterocycles. The third kappa shape index (κ3) is 2.41. The summed E-state index contributed by atoms with van der Waals surface area (Å²) in [7, 11) is 0. The second-order valence-corrected chi connectivity index (χ2v) is 4.46. The molecule has 1 aliphatic rings. The van der Waals surface area contributed by atoms with Crippen molar-refractivity contribution in [1.29, 1.82) is 5.41 Å². The monoisotopic (exact) mass is 186 g/mol. The fourth-order valence-corrected chi connectivity index (χ4v) is 2.52. The number of thioether (sulfide) groups is 1. The molecule has 1 unspecified atom stereocenters. The minimum Gasteiger partial charge on any atom is -0.356 e. The molecule has 0 spiro atoms. The van der Waals surface area contributed by atoms with Crippen LogP contribution in [0.1, 0.15) is 26.7 Å². The summed E-state index contributed by atoms with van der Waals surface area (Å²) < 4.78 is 0. The van der Waals surface area contributed by atoms with Crippen LogP contribution in [-0.4, -0.2) is 34.8 Å². The Kier molecular flexibility index (Phi) is 3.92. The predicted octanol–water partition coefficient (Wildman–Crippen LogP) is 2.20. The molecule has 0 saturated carbocycles. The normalized spacial score (nSPS) is 24.2. The van der Waals surface area contributed by atoms with Gasteiger partial charge in [-0.15, -0.1) is 0 Å². The topological polar surface area (TPSA) is 27.1 Å². The van der Waals surface area contributed by atoms with Crippen molar-refractivity contribution in [2.75, 3.05) is 18.1 Å². The zero-order valence-electron chi connectivity index (χ0n) is 7.97. The maximum atomic E-state index is 7.83. The van der Waals surface area contributed by atoms with Crippen LogP contribution in [0.3, 0.4) is 0 Å². The molecule has 1 rings (SSSR count). The quantitative estimate of drug-likeness (QED) is 0.529. The van der Waals surface area contributed by atoms with Crippen molar-refractivity contribution in [3.63, 3.8) is 0 Å². The largest absolute Gasteiger partial charge is 0.356 e. The molecular formula is C9H18N2S. The van der Waals surface area contributed by atoms with Gasteiger partial charge in [-0.3, -0.25) is 5.41 Å². The SMILES string of the molecule is CCCC(=N)N1CCSCC1C. The minimum atomic E-state index is 0.572. The molecule has 0 radical (unpaired) electrons. The lowest BCUT2D eigenvalue weighted by Gasteiger charge is -2.35. The van der Waals surface area contributed by atoms with E-state index in [1.807, 2.05) is 11.8 Å². The first-order valence-corrected chi connectivity index (χ1v) is 5.83. The predicted molar refractivity (Wildman–Crippen MR) is 56.1 cm³/mol. The van der Waals surface area contributed by atoms with E-state index in [4.69, 9.17) is 5.41 Å². The fraction of sp³-hybridized carbons (Fsp3) is 0.889. The number of nitrogens with zero attached hydrogens (tertiary/aromatic N) is 1. The summed E-state index contributed by atoms with van der Waals surface area (Å²) in [4.78, 5) is 2.25. The van der Waals surface area contributed by atoms with E-state index in [1.54, 1.807) is 0 Å². The van der Waals surface area contributed by atoms with Crippen molar-refractivity contribution in [2.24, 2.45) is 0 Å². The second kappa shape index (κ2) is 4.75. The first-order chi connectivity index (χ1) is 5.75. The lowest BCUT2D eigenvalue weighted by atomic mass is 10.2. The molecule has 12 heavy (non-hydrogen) atoms. The van der Waals surface area contributed by atoms with Crippen molar-refractivity contribution in [3.05, 3.63) is 0 Å². The summed E-state index contributed by atoms with van der Waals surface area (Å²) in [5, 5.41) is 7.83. The van der Waals surface area contributed by atoms with E-state index in [-0.39, 0.29) is 0 Å². The highest BCUT2D eigenvalue weighted by Crippen LogP contribution is 2.17. The lowest BCUT2D eigenvalue weighted by Crippen LogP contribution is -2.43. The average molecular weight is 186 g/mol. The van der Waals surface area contributed by atoms with Crippen LogP contribution in [0.25, 0.3) is 0 Å². The molecular weight excluding hydrogens is 168 g/mol. The van der Waals surface area contributed by atoms with E-state index in [2.05, 4.69) is 18.7 Å². The van der Waals surface area contributed by atoms with Gasteiger partial charge in [-0.2, -0.15) is 11.8 Å². The average Bonchev–Trinajstić information content (AvgIpc) is 2.05. The number of nitrogens with one attached hydrogen (secondary N) is 1. The van der Waals surface area contributed by atoms with Gasteiger partial charge in [-0.1, -0.05) is 6.92 Å². The number of rotatable bonds is 2. The number of hydrogen-bond acceptors (Lipinski definition) is 2. The highest BCUT2D eigenvalue weighted by Gasteiger charge is 2.19. The molecule has 0 aromatic carbocycles. The second-order valence-electron chi connectivity index (χ2n) is 3.31. The fourth-order valence-electron chi connectivity index (χ4n) is 1.51. The molecule has 1 aliphatic heterocycles. The third-order valence-corrected chi connectivity index (χ3v) is 3.39. The van der Waals surface area contributed by atoms with Crippen LogP contribution in [0.4, 0.5) is 0 Å². The minimum absolute atomic E-state index is 0.572. The molecule has 2 nitrogen and oxygen atoms in total. The summed E-state index contributed by atoms with van der Waals surface area (Å²) in [5.41, 5.74) is 0. The van der Waals surface area contributed by atoms with Gasteiger partial charge >= 0.3 is 0 Å². The molecule has 70 valence electrons. The van der Waals surface area contributed by atoms with Crippen LogP contribution in [0.2, 0.25) is 0 Å². The Morgan fingerprint density at radius 1 is 1.67 bits per heavy atom. The molecule has 0 bridgehead atoms. The van der Waals surface area contributed by atoms with E-state index >= 15 is 0 Å². The number of hydrogen-bond donors (Lipinski definition) is 1. The zero-order valence-corrected chi connectivity index (χ0v) is 8.78. The highest BCUT2D eigenvalue weighted by molar-refractivity contribution is 7.99. The summed E-state index contributed by atoms with van der Waals surface area (Å²) >= 11 is 2.00. The van der Waals surface area contributed by atoms with E-state index < -0.39 is 0 Å². The van der Waals surface area contributed by atoms with Gasteiger partial charge in [0.05, 0.1) is 5.84 Å². The molecule has 1 fully saturated rings. The first kappa shape index (κ1) is 9.90. The molecule has 0 aliphatic carbocycles. The molecule has 1 N–H and O–H groups in total. The van der Waals surface area contributed by atoms with Crippen molar-refractivity contribution < 1.29 is 0 Å². The zero-order chi connectivity index (χ0) is 8.97. The van der Waals surface area contributed by atoms with Crippen LogP contribution in [0.15, 0.2) is 0 Å². The van der Waals surface area contributed by atoms with Crippen LogP contribution in [-0.2, 0) is 0 Å². The number of amidine groups is 1. The van der Waals surface area contributed by atoms with Gasteiger partial charge < -0.3 is 4.90 Å². The molecule has 1 atom stereocenters. The van der Waals surface area contributed by atoms with Crippen LogP contribution in [0.5, 0.6) is 0 Å². The van der Waals surface area contributed by atoms with Gasteiger partial charge in [0.2, 0.25) is 0 Å². The third-order valence-electron chi connectivity index (χ3n) is 2.20. The van der Waals surface area contributed by atoms with Gasteiger partial charge in [0, 0.05) is 30.5 Å². The standard InChI is InChI=1S/C9H18N2S/c1-3-4-9(10)11-5-6-12-7-8(11)2/h8,10H,3-7H2,1-2H3. The Morgan fingerprint density at radius 2 is 2.42 bits per heavy atom. The molecule has 1 heterocycles. The molecule has 0 aromatic rings. The van der Waals surface area contributed by atoms with Gasteiger partial charge in [0.15, 0.2) is 0 Å². The van der Waals surface area contributed by atoms with Crippen LogP contribution < -0.4 is 0 Å². The molecule has 0 aromatic heterocycles. The van der Waals surface area contributed by atoms with Gasteiger partial charge in [0.1, 0.15) is 0 Å². The Bertz CT molecular complexity index is 159. The maximum absolute atomic E-state index is 7.83. The van der Waals surface area contributed by atoms with Crippen molar-refractivity contribution in [1.82, 2.24) is 4.90 Å². The first-order valence-electron chi connectivity index (χ1n) is 4.67. The molecule has 3 heteroatoms. The van der Waals surface area contributed by atoms with Crippen molar-refractivity contribution in [3.8, 4) is 0 Å². The van der Waals surface area contributed by atoms with Crippen LogP contribution >= 0.6 is 11.8 Å². The van der Waals surface area contributed by atoms with E-state index in [0.717, 1.165) is 25.2 Å².